The molecule has 3 fully saturated rings. The predicted octanol–water partition coefficient (Wildman–Crippen LogP) is 2.45. The van der Waals surface area contributed by atoms with Crippen molar-refractivity contribution in [2.24, 2.45) is 29.6 Å². The summed E-state index contributed by atoms with van der Waals surface area (Å²) < 4.78 is 17.0. The van der Waals surface area contributed by atoms with E-state index < -0.39 is 0 Å². The van der Waals surface area contributed by atoms with Gasteiger partial charge >= 0.3 is 5.97 Å². The van der Waals surface area contributed by atoms with Crippen molar-refractivity contribution in [3.8, 4) is 0 Å². The van der Waals surface area contributed by atoms with Crippen LogP contribution in [-0.2, 0) is 19.0 Å². The molecule has 1 spiro atoms. The average molecular weight is 302 g/mol. The van der Waals surface area contributed by atoms with Crippen LogP contribution in [0.25, 0.3) is 0 Å². The Balaban J connectivity index is 1.23. The third kappa shape index (κ3) is 1.86. The van der Waals surface area contributed by atoms with Gasteiger partial charge in [0.05, 0.1) is 12.5 Å². The van der Waals surface area contributed by atoms with E-state index in [1.54, 1.807) is 0 Å². The second-order valence-electron chi connectivity index (χ2n) is 7.66. The lowest BCUT2D eigenvalue weighted by Crippen LogP contribution is -2.39. The SMILES string of the molecule is O=C(OCC1=CC2CC1C1(COCO1)C2)C1CC2C=CC1C2. The molecule has 5 aliphatic rings. The number of carbonyl (C=O) groups is 1. The van der Waals surface area contributed by atoms with Crippen molar-refractivity contribution in [2.75, 3.05) is 20.0 Å². The van der Waals surface area contributed by atoms with Crippen LogP contribution in [0.1, 0.15) is 25.7 Å². The van der Waals surface area contributed by atoms with Crippen molar-refractivity contribution in [3.05, 3.63) is 23.8 Å². The van der Waals surface area contributed by atoms with Crippen LogP contribution in [0.3, 0.4) is 0 Å². The van der Waals surface area contributed by atoms with E-state index in [-0.39, 0.29) is 17.5 Å². The summed E-state index contributed by atoms with van der Waals surface area (Å²) in [7, 11) is 0. The predicted molar refractivity (Wildman–Crippen MR) is 78.7 cm³/mol. The highest BCUT2D eigenvalue weighted by atomic mass is 16.7. The van der Waals surface area contributed by atoms with Gasteiger partial charge in [0, 0.05) is 5.92 Å². The Morgan fingerprint density at radius 1 is 1.27 bits per heavy atom. The first-order valence-electron chi connectivity index (χ1n) is 8.51. The number of carbonyl (C=O) groups excluding carboxylic acids is 1. The van der Waals surface area contributed by atoms with Crippen LogP contribution in [0.2, 0.25) is 0 Å². The lowest BCUT2D eigenvalue weighted by Gasteiger charge is -2.32. The Morgan fingerprint density at radius 3 is 2.91 bits per heavy atom. The topological polar surface area (TPSA) is 44.8 Å². The molecular formula is C18H22O4. The molecule has 4 heteroatoms. The molecule has 1 aliphatic heterocycles. The van der Waals surface area contributed by atoms with Crippen LogP contribution in [0.15, 0.2) is 23.8 Å². The minimum absolute atomic E-state index is 0.00170. The van der Waals surface area contributed by atoms with Crippen molar-refractivity contribution in [1.29, 1.82) is 0 Å². The second kappa shape index (κ2) is 4.68. The van der Waals surface area contributed by atoms with Crippen molar-refractivity contribution >= 4 is 5.97 Å². The van der Waals surface area contributed by atoms with Gasteiger partial charge in [-0.05, 0) is 49.0 Å². The molecule has 0 radical (unpaired) electrons. The zero-order chi connectivity index (χ0) is 14.7. The summed E-state index contributed by atoms with van der Waals surface area (Å²) >= 11 is 0. The molecule has 6 unspecified atom stereocenters. The lowest BCUT2D eigenvalue weighted by atomic mass is 9.84. The molecule has 2 saturated carbocycles. The largest absolute Gasteiger partial charge is 0.461 e. The zero-order valence-electron chi connectivity index (χ0n) is 12.7. The molecule has 118 valence electrons. The Morgan fingerprint density at radius 2 is 2.23 bits per heavy atom. The van der Waals surface area contributed by atoms with Crippen molar-refractivity contribution < 1.29 is 19.0 Å². The smallest absolute Gasteiger partial charge is 0.309 e. The fourth-order valence-corrected chi connectivity index (χ4v) is 5.42. The quantitative estimate of drug-likeness (QED) is 0.593. The van der Waals surface area contributed by atoms with E-state index in [1.807, 2.05) is 0 Å². The van der Waals surface area contributed by atoms with Crippen LogP contribution in [0, 0.1) is 29.6 Å². The number of fused-ring (bicyclic) bond motifs is 5. The summed E-state index contributed by atoms with van der Waals surface area (Å²) in [6.07, 6.45) is 11.1. The first-order valence-corrected chi connectivity index (χ1v) is 8.51. The Labute approximate surface area is 130 Å². The molecule has 4 nitrogen and oxygen atoms in total. The van der Waals surface area contributed by atoms with Gasteiger partial charge in [0.15, 0.2) is 0 Å². The van der Waals surface area contributed by atoms with Gasteiger partial charge < -0.3 is 14.2 Å². The normalized spacial score (nSPS) is 47.6. The molecule has 0 aromatic carbocycles. The van der Waals surface area contributed by atoms with E-state index in [1.165, 1.54) is 5.57 Å². The maximum Gasteiger partial charge on any atom is 0.309 e. The van der Waals surface area contributed by atoms with Gasteiger partial charge in [-0.2, -0.15) is 0 Å². The number of ether oxygens (including phenoxy) is 3. The summed E-state index contributed by atoms with van der Waals surface area (Å²) in [5, 5.41) is 0. The number of hydrogen-bond acceptors (Lipinski definition) is 4. The number of hydrogen-bond donors (Lipinski definition) is 0. The van der Waals surface area contributed by atoms with E-state index in [0.717, 1.165) is 25.7 Å². The van der Waals surface area contributed by atoms with E-state index in [4.69, 9.17) is 14.2 Å². The monoisotopic (exact) mass is 302 g/mol. The van der Waals surface area contributed by atoms with Crippen molar-refractivity contribution in [1.82, 2.24) is 0 Å². The molecular weight excluding hydrogens is 280 g/mol. The molecule has 6 atom stereocenters. The zero-order valence-corrected chi connectivity index (χ0v) is 12.7. The third-order valence-electron chi connectivity index (χ3n) is 6.42. The van der Waals surface area contributed by atoms with Crippen molar-refractivity contribution in [3.63, 3.8) is 0 Å². The highest BCUT2D eigenvalue weighted by molar-refractivity contribution is 5.74. The second-order valence-corrected chi connectivity index (χ2v) is 7.66. The maximum atomic E-state index is 12.4. The summed E-state index contributed by atoms with van der Waals surface area (Å²) in [5.74, 6) is 2.08. The highest BCUT2D eigenvalue weighted by Gasteiger charge is 2.55. The van der Waals surface area contributed by atoms with Gasteiger partial charge in [-0.15, -0.1) is 0 Å². The summed E-state index contributed by atoms with van der Waals surface area (Å²) in [6.45, 7) is 1.55. The van der Waals surface area contributed by atoms with Gasteiger partial charge in [0.25, 0.3) is 0 Å². The standard InChI is InChI=1S/C18H22O4/c19-17(15-5-11-1-2-13(15)3-11)21-8-14-4-12-6-16(14)18(7-12)9-20-10-22-18/h1-2,4,11-13,15-16H,3,5-10H2. The molecule has 4 aliphatic carbocycles. The van der Waals surface area contributed by atoms with Crippen LogP contribution < -0.4 is 0 Å². The molecule has 22 heavy (non-hydrogen) atoms. The van der Waals surface area contributed by atoms with Gasteiger partial charge in [0.2, 0.25) is 0 Å². The molecule has 0 aromatic heterocycles. The molecule has 0 aromatic rings. The van der Waals surface area contributed by atoms with E-state index in [2.05, 4.69) is 18.2 Å². The molecule has 4 bridgehead atoms. The molecule has 0 N–H and O–H groups in total. The Bertz CT molecular complexity index is 557. The van der Waals surface area contributed by atoms with Gasteiger partial charge in [-0.3, -0.25) is 4.79 Å². The first kappa shape index (κ1) is 13.3. The summed E-state index contributed by atoms with van der Waals surface area (Å²) in [4.78, 5) is 12.4. The molecule has 0 amide bonds. The van der Waals surface area contributed by atoms with Crippen LogP contribution in [0.4, 0.5) is 0 Å². The van der Waals surface area contributed by atoms with Gasteiger partial charge in [-0.1, -0.05) is 18.2 Å². The van der Waals surface area contributed by atoms with E-state index in [9.17, 15) is 4.79 Å². The fourth-order valence-electron chi connectivity index (χ4n) is 5.42. The minimum atomic E-state index is -0.129. The molecule has 1 saturated heterocycles. The third-order valence-corrected chi connectivity index (χ3v) is 6.42. The Kier molecular flexibility index (Phi) is 2.84. The minimum Gasteiger partial charge on any atom is -0.461 e. The van der Waals surface area contributed by atoms with E-state index in [0.29, 0.717) is 43.7 Å². The maximum absolute atomic E-state index is 12.4. The fraction of sp³-hybridized carbons (Fsp3) is 0.722. The van der Waals surface area contributed by atoms with Crippen LogP contribution >= 0.6 is 0 Å². The lowest BCUT2D eigenvalue weighted by molar-refractivity contribution is -0.148. The van der Waals surface area contributed by atoms with Gasteiger partial charge in [0.1, 0.15) is 19.0 Å². The Hall–Kier alpha value is -1.13. The number of allylic oxidation sites excluding steroid dienone is 3. The highest BCUT2D eigenvalue weighted by Crippen LogP contribution is 2.53. The number of esters is 1. The summed E-state index contributed by atoms with van der Waals surface area (Å²) in [5.41, 5.74) is 1.13. The van der Waals surface area contributed by atoms with Crippen LogP contribution in [0.5, 0.6) is 0 Å². The summed E-state index contributed by atoms with van der Waals surface area (Å²) in [6, 6.07) is 0. The molecule has 5 rings (SSSR count). The average Bonchev–Trinajstić information content (AvgIpc) is 3.31. The first-order chi connectivity index (χ1) is 10.7. The number of rotatable bonds is 3. The molecule has 1 heterocycles. The van der Waals surface area contributed by atoms with Crippen LogP contribution in [-0.4, -0.2) is 31.6 Å². The van der Waals surface area contributed by atoms with Gasteiger partial charge in [-0.25, -0.2) is 0 Å². The van der Waals surface area contributed by atoms with E-state index >= 15 is 0 Å². The van der Waals surface area contributed by atoms with Crippen molar-refractivity contribution in [2.45, 2.75) is 31.3 Å².